The molecule has 0 saturated heterocycles. The number of anilines is 1. The maximum Gasteiger partial charge on any atom is 0.286 e. The summed E-state index contributed by atoms with van der Waals surface area (Å²) in [5.41, 5.74) is 3.17. The molecule has 152 valence electrons. The van der Waals surface area contributed by atoms with Crippen LogP contribution in [0.1, 0.15) is 25.8 Å². The van der Waals surface area contributed by atoms with E-state index >= 15 is 0 Å². The molecule has 0 aliphatic carbocycles. The standard InChI is InChI=1S/C19H20N4O4S2/c1-11(2)7-9-20-23-13-8-10-28-17(13)16(24)15(19(23)25)18-21-12-5-3-4-6-14(12)29(26,27)22-18/h3-6,8,10-11,20,24H,7,9H2,1-2H3,(H,21,22). The predicted molar refractivity (Wildman–Crippen MR) is 115 cm³/mol. The Bertz CT molecular complexity index is 1290. The third-order valence-electron chi connectivity index (χ3n) is 4.61. The van der Waals surface area contributed by atoms with Gasteiger partial charge in [-0.3, -0.25) is 4.79 Å². The third-order valence-corrected chi connectivity index (χ3v) is 6.86. The molecule has 1 aliphatic rings. The molecule has 1 aromatic carbocycles. The highest BCUT2D eigenvalue weighted by molar-refractivity contribution is 7.90. The van der Waals surface area contributed by atoms with Gasteiger partial charge in [-0.2, -0.15) is 8.42 Å². The Morgan fingerprint density at radius 3 is 2.79 bits per heavy atom. The number of nitrogens with one attached hydrogen (secondary N) is 2. The Morgan fingerprint density at radius 1 is 1.28 bits per heavy atom. The van der Waals surface area contributed by atoms with E-state index in [9.17, 15) is 18.3 Å². The zero-order valence-electron chi connectivity index (χ0n) is 15.8. The number of rotatable bonds is 5. The lowest BCUT2D eigenvalue weighted by Crippen LogP contribution is -2.36. The maximum absolute atomic E-state index is 13.2. The molecule has 2 aromatic heterocycles. The van der Waals surface area contributed by atoms with Crippen LogP contribution in [0.2, 0.25) is 0 Å². The van der Waals surface area contributed by atoms with Crippen LogP contribution in [-0.2, 0) is 10.0 Å². The van der Waals surface area contributed by atoms with Gasteiger partial charge in [0.2, 0.25) is 0 Å². The lowest BCUT2D eigenvalue weighted by molar-refractivity contribution is 0.479. The number of amidine groups is 1. The van der Waals surface area contributed by atoms with Crippen molar-refractivity contribution in [3.05, 3.63) is 51.6 Å². The van der Waals surface area contributed by atoms with E-state index in [1.165, 1.54) is 22.1 Å². The molecule has 3 heterocycles. The van der Waals surface area contributed by atoms with Crippen molar-refractivity contribution in [2.24, 2.45) is 10.3 Å². The summed E-state index contributed by atoms with van der Waals surface area (Å²) in [6.45, 7) is 4.71. The monoisotopic (exact) mass is 432 g/mol. The van der Waals surface area contributed by atoms with Gasteiger partial charge < -0.3 is 15.8 Å². The molecule has 0 amide bonds. The van der Waals surface area contributed by atoms with Crippen LogP contribution in [0.5, 0.6) is 5.75 Å². The molecule has 29 heavy (non-hydrogen) atoms. The van der Waals surface area contributed by atoms with Gasteiger partial charge in [-0.05, 0) is 35.9 Å². The van der Waals surface area contributed by atoms with Gasteiger partial charge in [0.1, 0.15) is 10.5 Å². The SMILES string of the molecule is CC(C)CCNn1c(=O)c(C2=NS(=O)(=O)c3ccccc3N2)c(O)c2sccc21. The molecule has 3 aromatic rings. The van der Waals surface area contributed by atoms with Crippen molar-refractivity contribution in [2.45, 2.75) is 25.2 Å². The predicted octanol–water partition coefficient (Wildman–Crippen LogP) is 2.92. The van der Waals surface area contributed by atoms with Crippen molar-refractivity contribution >= 4 is 43.1 Å². The Labute approximate surface area is 171 Å². The maximum atomic E-state index is 13.2. The van der Waals surface area contributed by atoms with E-state index in [-0.39, 0.29) is 22.0 Å². The van der Waals surface area contributed by atoms with Crippen LogP contribution in [0.3, 0.4) is 0 Å². The third kappa shape index (κ3) is 3.38. The molecule has 0 spiro atoms. The molecule has 0 fully saturated rings. The number of hydrogen-bond donors (Lipinski definition) is 3. The van der Waals surface area contributed by atoms with Crippen molar-refractivity contribution in [2.75, 3.05) is 17.3 Å². The highest BCUT2D eigenvalue weighted by Gasteiger charge is 2.30. The van der Waals surface area contributed by atoms with Crippen LogP contribution in [0.4, 0.5) is 5.69 Å². The zero-order valence-corrected chi connectivity index (χ0v) is 17.5. The smallest absolute Gasteiger partial charge is 0.286 e. The van der Waals surface area contributed by atoms with Gasteiger partial charge in [-0.15, -0.1) is 15.7 Å². The first kappa shape index (κ1) is 19.5. The Balaban J connectivity index is 1.89. The molecule has 0 radical (unpaired) electrons. The van der Waals surface area contributed by atoms with Gasteiger partial charge in [-0.25, -0.2) is 4.68 Å². The minimum Gasteiger partial charge on any atom is -0.505 e. The summed E-state index contributed by atoms with van der Waals surface area (Å²) in [6.07, 6.45) is 0.842. The summed E-state index contributed by atoms with van der Waals surface area (Å²) in [5.74, 6) is -0.0394. The molecule has 1 aliphatic heterocycles. The van der Waals surface area contributed by atoms with Gasteiger partial charge in [0.15, 0.2) is 11.6 Å². The van der Waals surface area contributed by atoms with Crippen molar-refractivity contribution in [1.29, 1.82) is 0 Å². The Morgan fingerprint density at radius 2 is 2.03 bits per heavy atom. The summed E-state index contributed by atoms with van der Waals surface area (Å²) < 4.78 is 30.8. The van der Waals surface area contributed by atoms with E-state index in [2.05, 4.69) is 29.0 Å². The van der Waals surface area contributed by atoms with Crippen molar-refractivity contribution in [3.8, 4) is 5.75 Å². The van der Waals surface area contributed by atoms with Gasteiger partial charge >= 0.3 is 0 Å². The summed E-state index contributed by atoms with van der Waals surface area (Å²) in [4.78, 5) is 13.3. The molecular formula is C19H20N4O4S2. The molecule has 10 heteroatoms. The Hall–Kier alpha value is -2.85. The first-order chi connectivity index (χ1) is 13.8. The van der Waals surface area contributed by atoms with E-state index in [1.807, 2.05) is 0 Å². The van der Waals surface area contributed by atoms with Crippen molar-refractivity contribution in [3.63, 3.8) is 0 Å². The number of fused-ring (bicyclic) bond motifs is 2. The number of aromatic nitrogens is 1. The van der Waals surface area contributed by atoms with E-state index in [0.29, 0.717) is 28.4 Å². The fourth-order valence-electron chi connectivity index (χ4n) is 3.15. The van der Waals surface area contributed by atoms with Crippen molar-refractivity contribution < 1.29 is 13.5 Å². The summed E-state index contributed by atoms with van der Waals surface area (Å²) in [5, 5.41) is 15.4. The van der Waals surface area contributed by atoms with E-state index in [0.717, 1.165) is 6.42 Å². The Kier molecular flexibility index (Phi) is 4.83. The largest absolute Gasteiger partial charge is 0.505 e. The lowest BCUT2D eigenvalue weighted by atomic mass is 10.1. The molecule has 8 nitrogen and oxygen atoms in total. The number of para-hydroxylation sites is 1. The van der Waals surface area contributed by atoms with E-state index < -0.39 is 15.6 Å². The van der Waals surface area contributed by atoms with Crippen LogP contribution in [0.25, 0.3) is 10.2 Å². The van der Waals surface area contributed by atoms with Gasteiger partial charge in [-0.1, -0.05) is 26.0 Å². The molecule has 3 N–H and O–H groups in total. The van der Waals surface area contributed by atoms with Gasteiger partial charge in [0, 0.05) is 6.54 Å². The fraction of sp³-hybridized carbons (Fsp3) is 0.263. The average molecular weight is 433 g/mol. The quantitative estimate of drug-likeness (QED) is 0.571. The number of nitrogens with zero attached hydrogens (tertiary/aromatic N) is 2. The average Bonchev–Trinajstić information content (AvgIpc) is 3.14. The first-order valence-electron chi connectivity index (χ1n) is 9.10. The number of pyridine rings is 1. The summed E-state index contributed by atoms with van der Waals surface area (Å²) in [7, 11) is -4.00. The fourth-order valence-corrected chi connectivity index (χ4v) is 5.10. The highest BCUT2D eigenvalue weighted by Crippen LogP contribution is 2.34. The molecule has 0 unspecified atom stereocenters. The van der Waals surface area contributed by atoms with Crippen LogP contribution in [-0.4, -0.2) is 30.6 Å². The summed E-state index contributed by atoms with van der Waals surface area (Å²) in [6, 6.07) is 8.03. The minimum atomic E-state index is -4.00. The molecule has 0 atom stereocenters. The second-order valence-electron chi connectivity index (χ2n) is 7.13. The van der Waals surface area contributed by atoms with Gasteiger partial charge in [0.05, 0.1) is 15.9 Å². The van der Waals surface area contributed by atoms with Crippen molar-refractivity contribution in [1.82, 2.24) is 4.68 Å². The number of thiophene rings is 1. The van der Waals surface area contributed by atoms with Crippen LogP contribution in [0.15, 0.2) is 49.8 Å². The topological polar surface area (TPSA) is 113 Å². The van der Waals surface area contributed by atoms with E-state index in [4.69, 9.17) is 0 Å². The number of sulfonamides is 1. The molecule has 0 saturated carbocycles. The minimum absolute atomic E-state index is 0.0239. The molecule has 4 rings (SSSR count). The van der Waals surface area contributed by atoms with Crippen LogP contribution < -0.4 is 16.3 Å². The summed E-state index contributed by atoms with van der Waals surface area (Å²) >= 11 is 1.26. The van der Waals surface area contributed by atoms with Crippen LogP contribution in [0, 0.1) is 5.92 Å². The highest BCUT2D eigenvalue weighted by atomic mass is 32.2. The van der Waals surface area contributed by atoms with Crippen LogP contribution >= 0.6 is 11.3 Å². The number of hydrogen-bond acceptors (Lipinski definition) is 7. The second-order valence-corrected chi connectivity index (χ2v) is 9.61. The zero-order chi connectivity index (χ0) is 20.8. The molecular weight excluding hydrogens is 412 g/mol. The van der Waals surface area contributed by atoms with E-state index in [1.54, 1.807) is 29.6 Å². The van der Waals surface area contributed by atoms with Gasteiger partial charge in [0.25, 0.3) is 15.6 Å². The number of aromatic hydroxyl groups is 1. The first-order valence-corrected chi connectivity index (χ1v) is 11.4. The second kappa shape index (κ2) is 7.20. The normalized spacial score (nSPS) is 15.1. The molecule has 0 bridgehead atoms. The number of benzene rings is 1. The lowest BCUT2D eigenvalue weighted by Gasteiger charge is -2.20.